The molecule has 0 unspecified atom stereocenters. The van der Waals surface area contributed by atoms with Crippen molar-refractivity contribution in [3.05, 3.63) is 35.7 Å². The molecule has 4 heteroatoms. The Hall–Kier alpha value is -2.10. The van der Waals surface area contributed by atoms with Crippen molar-refractivity contribution < 1.29 is 9.53 Å². The van der Waals surface area contributed by atoms with Crippen LogP contribution in [0.5, 0.6) is 5.75 Å². The van der Waals surface area contributed by atoms with Gasteiger partial charge in [-0.15, -0.1) is 0 Å². The minimum Gasteiger partial charge on any atom is -0.494 e. The monoisotopic (exact) mass is 244 g/mol. The zero-order valence-electron chi connectivity index (χ0n) is 10.8. The maximum atomic E-state index is 11.3. The molecule has 1 aromatic heterocycles. The summed E-state index contributed by atoms with van der Waals surface area (Å²) in [5, 5.41) is 0. The second-order valence-electron chi connectivity index (χ2n) is 4.07. The molecule has 0 aliphatic rings. The fraction of sp³-hybridized carbons (Fsp3) is 0.286. The lowest BCUT2D eigenvalue weighted by atomic mass is 10.2. The molecule has 0 saturated heterocycles. The minimum absolute atomic E-state index is 0.0269. The van der Waals surface area contributed by atoms with Crippen LogP contribution in [0.15, 0.2) is 24.3 Å². The topological polar surface area (TPSA) is 55.0 Å². The van der Waals surface area contributed by atoms with E-state index in [1.54, 1.807) is 0 Å². The van der Waals surface area contributed by atoms with Crippen molar-refractivity contribution in [2.24, 2.45) is 0 Å². The molecule has 2 rings (SSSR count). The molecule has 0 bridgehead atoms. The van der Waals surface area contributed by atoms with Gasteiger partial charge in [-0.2, -0.15) is 0 Å². The summed E-state index contributed by atoms with van der Waals surface area (Å²) in [5.74, 6) is 1.51. The quantitative estimate of drug-likeness (QED) is 0.841. The van der Waals surface area contributed by atoms with Crippen LogP contribution in [-0.2, 0) is 0 Å². The van der Waals surface area contributed by atoms with Gasteiger partial charge in [0.15, 0.2) is 5.78 Å². The number of H-pyrrole nitrogens is 1. The molecular formula is C14H16N2O2. The molecule has 1 aromatic carbocycles. The van der Waals surface area contributed by atoms with E-state index in [0.717, 1.165) is 17.0 Å². The fourth-order valence-corrected chi connectivity index (χ4v) is 1.82. The highest BCUT2D eigenvalue weighted by atomic mass is 16.5. The highest BCUT2D eigenvalue weighted by Crippen LogP contribution is 2.21. The van der Waals surface area contributed by atoms with Crippen molar-refractivity contribution in [3.8, 4) is 17.1 Å². The number of hydrogen-bond acceptors (Lipinski definition) is 3. The molecular weight excluding hydrogens is 228 g/mol. The van der Waals surface area contributed by atoms with E-state index in [9.17, 15) is 4.79 Å². The van der Waals surface area contributed by atoms with Gasteiger partial charge in [0.2, 0.25) is 0 Å². The summed E-state index contributed by atoms with van der Waals surface area (Å²) < 4.78 is 5.38. The van der Waals surface area contributed by atoms with Crippen LogP contribution < -0.4 is 4.74 Å². The predicted molar refractivity (Wildman–Crippen MR) is 69.9 cm³/mol. The average molecular weight is 244 g/mol. The fourth-order valence-electron chi connectivity index (χ4n) is 1.82. The molecule has 0 amide bonds. The Morgan fingerprint density at radius 1 is 1.33 bits per heavy atom. The lowest BCUT2D eigenvalue weighted by Gasteiger charge is -2.03. The Balaban J connectivity index is 2.31. The summed E-state index contributed by atoms with van der Waals surface area (Å²) in [5.41, 5.74) is 2.24. The Kier molecular flexibility index (Phi) is 3.46. The van der Waals surface area contributed by atoms with E-state index in [0.29, 0.717) is 18.1 Å². The first kappa shape index (κ1) is 12.4. The van der Waals surface area contributed by atoms with Gasteiger partial charge in [-0.05, 0) is 38.1 Å². The molecule has 4 nitrogen and oxygen atoms in total. The zero-order chi connectivity index (χ0) is 13.1. The molecule has 94 valence electrons. The molecule has 1 heterocycles. The first-order chi connectivity index (χ1) is 8.61. The van der Waals surface area contributed by atoms with E-state index >= 15 is 0 Å². The van der Waals surface area contributed by atoms with E-state index in [2.05, 4.69) is 9.97 Å². The summed E-state index contributed by atoms with van der Waals surface area (Å²) >= 11 is 0. The van der Waals surface area contributed by atoms with Crippen molar-refractivity contribution in [2.45, 2.75) is 20.8 Å². The second kappa shape index (κ2) is 5.04. The Morgan fingerprint density at radius 3 is 2.50 bits per heavy atom. The molecule has 1 N–H and O–H groups in total. The third-order valence-corrected chi connectivity index (χ3v) is 2.66. The normalized spacial score (nSPS) is 10.4. The molecule has 2 aromatic rings. The van der Waals surface area contributed by atoms with Gasteiger partial charge in [0.1, 0.15) is 17.3 Å². The Bertz CT molecular complexity index is 556. The van der Waals surface area contributed by atoms with Crippen molar-refractivity contribution in [1.82, 2.24) is 9.97 Å². The van der Waals surface area contributed by atoms with Gasteiger partial charge in [-0.25, -0.2) is 4.98 Å². The maximum absolute atomic E-state index is 11.3. The zero-order valence-corrected chi connectivity index (χ0v) is 10.8. The third kappa shape index (κ3) is 2.42. The third-order valence-electron chi connectivity index (χ3n) is 2.66. The number of imidazole rings is 1. The molecule has 0 radical (unpaired) electrons. The molecule has 18 heavy (non-hydrogen) atoms. The van der Waals surface area contributed by atoms with Crippen LogP contribution in [0.2, 0.25) is 0 Å². The smallest absolute Gasteiger partial charge is 0.179 e. The van der Waals surface area contributed by atoms with Gasteiger partial charge in [0.25, 0.3) is 0 Å². The second-order valence-corrected chi connectivity index (χ2v) is 4.07. The van der Waals surface area contributed by atoms with Crippen molar-refractivity contribution in [3.63, 3.8) is 0 Å². The van der Waals surface area contributed by atoms with Crippen LogP contribution in [0.1, 0.15) is 30.0 Å². The molecule has 0 atom stereocenters. The number of hydrogen-bond donors (Lipinski definition) is 1. The number of aryl methyl sites for hydroxylation is 1. The SMILES string of the molecule is CCOc1ccc(-c2nc(C(C)=O)c(C)[nH]2)cc1. The number of ether oxygens (including phenoxy) is 1. The number of nitrogens with one attached hydrogen (secondary N) is 1. The largest absolute Gasteiger partial charge is 0.494 e. The van der Waals surface area contributed by atoms with Crippen molar-refractivity contribution in [2.75, 3.05) is 6.61 Å². The van der Waals surface area contributed by atoms with Gasteiger partial charge in [0, 0.05) is 18.2 Å². The van der Waals surface area contributed by atoms with E-state index in [-0.39, 0.29) is 5.78 Å². The first-order valence-electron chi connectivity index (χ1n) is 5.92. The van der Waals surface area contributed by atoms with E-state index in [4.69, 9.17) is 4.74 Å². The van der Waals surface area contributed by atoms with Gasteiger partial charge < -0.3 is 9.72 Å². The van der Waals surface area contributed by atoms with Gasteiger partial charge in [-0.1, -0.05) is 0 Å². The van der Waals surface area contributed by atoms with Gasteiger partial charge in [-0.3, -0.25) is 4.79 Å². The lowest BCUT2D eigenvalue weighted by Crippen LogP contribution is -1.94. The standard InChI is InChI=1S/C14H16N2O2/c1-4-18-12-7-5-11(6-8-12)14-15-9(2)13(16-14)10(3)17/h5-8H,4H2,1-3H3,(H,15,16). The molecule has 0 fully saturated rings. The van der Waals surface area contributed by atoms with Crippen LogP contribution in [-0.4, -0.2) is 22.4 Å². The number of ketones is 1. The predicted octanol–water partition coefficient (Wildman–Crippen LogP) is 2.99. The number of rotatable bonds is 4. The van der Waals surface area contributed by atoms with E-state index < -0.39 is 0 Å². The maximum Gasteiger partial charge on any atom is 0.179 e. The minimum atomic E-state index is -0.0269. The molecule has 0 aliphatic heterocycles. The Morgan fingerprint density at radius 2 is 2.00 bits per heavy atom. The summed E-state index contributed by atoms with van der Waals surface area (Å²) in [6.45, 7) is 5.96. The highest BCUT2D eigenvalue weighted by molar-refractivity contribution is 5.93. The van der Waals surface area contributed by atoms with E-state index in [1.165, 1.54) is 6.92 Å². The van der Waals surface area contributed by atoms with Crippen LogP contribution in [0.3, 0.4) is 0 Å². The highest BCUT2D eigenvalue weighted by Gasteiger charge is 2.11. The lowest BCUT2D eigenvalue weighted by molar-refractivity contribution is 0.101. The van der Waals surface area contributed by atoms with E-state index in [1.807, 2.05) is 38.1 Å². The average Bonchev–Trinajstić information content (AvgIpc) is 2.73. The molecule has 0 spiro atoms. The number of carbonyl (C=O) groups excluding carboxylic acids is 1. The number of nitrogens with zero attached hydrogens (tertiary/aromatic N) is 1. The summed E-state index contributed by atoms with van der Waals surface area (Å²) in [6.07, 6.45) is 0. The van der Waals surface area contributed by atoms with Crippen molar-refractivity contribution >= 4 is 5.78 Å². The van der Waals surface area contributed by atoms with Crippen LogP contribution in [0, 0.1) is 6.92 Å². The number of carbonyl (C=O) groups is 1. The summed E-state index contributed by atoms with van der Waals surface area (Å²) in [4.78, 5) is 18.8. The van der Waals surface area contributed by atoms with Gasteiger partial charge >= 0.3 is 0 Å². The molecule has 0 aliphatic carbocycles. The van der Waals surface area contributed by atoms with Crippen molar-refractivity contribution in [1.29, 1.82) is 0 Å². The number of Topliss-reactive ketones (excluding diaryl/α,β-unsaturated/α-hetero) is 1. The summed E-state index contributed by atoms with van der Waals surface area (Å²) in [6, 6.07) is 7.63. The van der Waals surface area contributed by atoms with Crippen LogP contribution >= 0.6 is 0 Å². The van der Waals surface area contributed by atoms with Gasteiger partial charge in [0.05, 0.1) is 6.61 Å². The number of benzene rings is 1. The number of aromatic amines is 1. The number of aromatic nitrogens is 2. The summed E-state index contributed by atoms with van der Waals surface area (Å²) in [7, 11) is 0. The first-order valence-corrected chi connectivity index (χ1v) is 5.92. The van der Waals surface area contributed by atoms with Crippen LogP contribution in [0.25, 0.3) is 11.4 Å². The van der Waals surface area contributed by atoms with Crippen LogP contribution in [0.4, 0.5) is 0 Å². The Labute approximate surface area is 106 Å². The molecule has 0 saturated carbocycles.